The third-order valence-corrected chi connectivity index (χ3v) is 2.81. The first-order valence-electron chi connectivity index (χ1n) is 6.14. The average Bonchev–Trinajstić information content (AvgIpc) is 2.40. The highest BCUT2D eigenvalue weighted by molar-refractivity contribution is 5.96. The van der Waals surface area contributed by atoms with Crippen LogP contribution in [0.15, 0.2) is 18.3 Å². The van der Waals surface area contributed by atoms with E-state index in [1.165, 1.54) is 18.0 Å². The molecule has 0 radical (unpaired) electrons. The van der Waals surface area contributed by atoms with E-state index in [2.05, 4.69) is 4.98 Å². The lowest BCUT2D eigenvalue weighted by molar-refractivity contribution is -0.131. The van der Waals surface area contributed by atoms with Crippen LogP contribution in [0.1, 0.15) is 24.2 Å². The average molecular weight is 267 g/mol. The lowest BCUT2D eigenvalue weighted by atomic mass is 10.2. The van der Waals surface area contributed by atoms with Gasteiger partial charge in [0.2, 0.25) is 11.9 Å². The molecule has 1 heterocycles. The van der Waals surface area contributed by atoms with Crippen LogP contribution in [0, 0.1) is 5.95 Å². The maximum Gasteiger partial charge on any atom is 0.255 e. The van der Waals surface area contributed by atoms with Gasteiger partial charge in [-0.2, -0.15) is 4.39 Å². The maximum atomic E-state index is 12.7. The van der Waals surface area contributed by atoms with Crippen LogP contribution >= 0.6 is 0 Å². The topological polar surface area (TPSA) is 53.5 Å². The van der Waals surface area contributed by atoms with Crippen molar-refractivity contribution in [2.45, 2.75) is 13.8 Å². The van der Waals surface area contributed by atoms with Crippen molar-refractivity contribution < 1.29 is 14.0 Å². The van der Waals surface area contributed by atoms with Crippen molar-refractivity contribution in [2.75, 3.05) is 26.7 Å². The van der Waals surface area contributed by atoms with Crippen molar-refractivity contribution in [1.82, 2.24) is 14.8 Å². The van der Waals surface area contributed by atoms with Gasteiger partial charge in [-0.3, -0.25) is 9.59 Å². The van der Waals surface area contributed by atoms with Crippen molar-refractivity contribution in [3.63, 3.8) is 0 Å². The van der Waals surface area contributed by atoms with Gasteiger partial charge in [-0.05, 0) is 26.0 Å². The third kappa shape index (κ3) is 4.01. The SMILES string of the molecule is CCN(CC)C(=O)CN(C)C(=O)c1ccc(F)nc1. The summed E-state index contributed by atoms with van der Waals surface area (Å²) in [5.74, 6) is -1.11. The minimum absolute atomic E-state index is 0.00209. The third-order valence-electron chi connectivity index (χ3n) is 2.81. The number of likely N-dealkylation sites (N-methyl/N-ethyl adjacent to an activating group) is 2. The summed E-state index contributed by atoms with van der Waals surface area (Å²) in [6.07, 6.45) is 1.16. The molecule has 0 saturated heterocycles. The number of aromatic nitrogens is 1. The number of amides is 2. The molecule has 0 unspecified atom stereocenters. The number of pyridine rings is 1. The van der Waals surface area contributed by atoms with E-state index >= 15 is 0 Å². The van der Waals surface area contributed by atoms with Crippen LogP contribution in [0.3, 0.4) is 0 Å². The van der Waals surface area contributed by atoms with Gasteiger partial charge in [-0.15, -0.1) is 0 Å². The number of carbonyl (C=O) groups excluding carboxylic acids is 2. The predicted molar refractivity (Wildman–Crippen MR) is 69.1 cm³/mol. The summed E-state index contributed by atoms with van der Waals surface area (Å²) in [4.78, 5) is 30.2. The Bertz CT molecular complexity index is 444. The van der Waals surface area contributed by atoms with Crippen molar-refractivity contribution in [3.8, 4) is 0 Å². The zero-order valence-electron chi connectivity index (χ0n) is 11.4. The Labute approximate surface area is 112 Å². The van der Waals surface area contributed by atoms with Crippen molar-refractivity contribution in [2.24, 2.45) is 0 Å². The Kier molecular flexibility index (Phi) is 5.41. The Hall–Kier alpha value is -1.98. The Morgan fingerprint density at radius 3 is 2.37 bits per heavy atom. The molecule has 2 amide bonds. The largest absolute Gasteiger partial charge is 0.342 e. The lowest BCUT2D eigenvalue weighted by Crippen LogP contribution is -2.41. The van der Waals surface area contributed by atoms with Crippen LogP contribution in [-0.4, -0.2) is 53.3 Å². The second kappa shape index (κ2) is 6.82. The molecule has 0 aliphatic rings. The Balaban J connectivity index is 2.67. The van der Waals surface area contributed by atoms with Gasteiger partial charge in [-0.1, -0.05) is 0 Å². The summed E-state index contributed by atoms with van der Waals surface area (Å²) in [6.45, 7) is 4.98. The second-order valence-electron chi connectivity index (χ2n) is 4.10. The molecule has 6 heteroatoms. The summed E-state index contributed by atoms with van der Waals surface area (Å²) in [5.41, 5.74) is 0.260. The van der Waals surface area contributed by atoms with Crippen LogP contribution in [-0.2, 0) is 4.79 Å². The summed E-state index contributed by atoms with van der Waals surface area (Å²) in [6, 6.07) is 2.47. The molecule has 0 aromatic carbocycles. The monoisotopic (exact) mass is 267 g/mol. The van der Waals surface area contributed by atoms with E-state index in [1.807, 2.05) is 13.8 Å². The van der Waals surface area contributed by atoms with E-state index in [0.717, 1.165) is 12.3 Å². The van der Waals surface area contributed by atoms with E-state index in [4.69, 9.17) is 0 Å². The smallest absolute Gasteiger partial charge is 0.255 e. The van der Waals surface area contributed by atoms with Gasteiger partial charge in [0.25, 0.3) is 5.91 Å². The molecule has 104 valence electrons. The molecule has 19 heavy (non-hydrogen) atoms. The van der Waals surface area contributed by atoms with Crippen molar-refractivity contribution in [1.29, 1.82) is 0 Å². The molecule has 0 atom stereocenters. The zero-order chi connectivity index (χ0) is 14.4. The van der Waals surface area contributed by atoms with Gasteiger partial charge < -0.3 is 9.80 Å². The van der Waals surface area contributed by atoms with Gasteiger partial charge in [0.05, 0.1) is 12.1 Å². The fraction of sp³-hybridized carbons (Fsp3) is 0.462. The molecule has 0 N–H and O–H groups in total. The molecule has 1 aromatic rings. The van der Waals surface area contributed by atoms with E-state index in [-0.39, 0.29) is 23.9 Å². The minimum Gasteiger partial charge on any atom is -0.342 e. The van der Waals surface area contributed by atoms with E-state index < -0.39 is 5.95 Å². The lowest BCUT2D eigenvalue weighted by Gasteiger charge is -2.23. The van der Waals surface area contributed by atoms with E-state index in [1.54, 1.807) is 4.90 Å². The highest BCUT2D eigenvalue weighted by Gasteiger charge is 2.17. The first-order chi connectivity index (χ1) is 8.99. The molecule has 0 aliphatic carbocycles. The molecule has 0 spiro atoms. The molecule has 1 rings (SSSR count). The molecule has 1 aromatic heterocycles. The fourth-order valence-electron chi connectivity index (χ4n) is 1.67. The zero-order valence-corrected chi connectivity index (χ0v) is 11.4. The maximum absolute atomic E-state index is 12.7. The van der Waals surface area contributed by atoms with Crippen molar-refractivity contribution >= 4 is 11.8 Å². The number of hydrogen-bond acceptors (Lipinski definition) is 3. The first-order valence-corrected chi connectivity index (χ1v) is 6.14. The Morgan fingerprint density at radius 1 is 1.26 bits per heavy atom. The van der Waals surface area contributed by atoms with Crippen molar-refractivity contribution in [3.05, 3.63) is 29.8 Å². The van der Waals surface area contributed by atoms with E-state index in [0.29, 0.717) is 13.1 Å². The normalized spacial score (nSPS) is 10.1. The summed E-state index contributed by atoms with van der Waals surface area (Å²) < 4.78 is 12.7. The van der Waals surface area contributed by atoms with Crippen LogP contribution in [0.4, 0.5) is 4.39 Å². The molecule has 0 bridgehead atoms. The quantitative estimate of drug-likeness (QED) is 0.752. The molecular formula is C13H18FN3O2. The van der Waals surface area contributed by atoms with Gasteiger partial charge in [-0.25, -0.2) is 4.98 Å². The van der Waals surface area contributed by atoms with Crippen LogP contribution in [0.25, 0.3) is 0 Å². The molecule has 5 nitrogen and oxygen atoms in total. The van der Waals surface area contributed by atoms with Crippen LogP contribution in [0.2, 0.25) is 0 Å². The molecule has 0 aliphatic heterocycles. The standard InChI is InChI=1S/C13H18FN3O2/c1-4-17(5-2)12(18)9-16(3)13(19)10-6-7-11(14)15-8-10/h6-8H,4-5,9H2,1-3H3. The summed E-state index contributed by atoms with van der Waals surface area (Å²) >= 11 is 0. The number of carbonyl (C=O) groups is 2. The summed E-state index contributed by atoms with van der Waals surface area (Å²) in [5, 5.41) is 0. The number of halogens is 1. The summed E-state index contributed by atoms with van der Waals surface area (Å²) in [7, 11) is 1.53. The van der Waals surface area contributed by atoms with Gasteiger partial charge >= 0.3 is 0 Å². The number of rotatable bonds is 5. The molecular weight excluding hydrogens is 249 g/mol. The Morgan fingerprint density at radius 2 is 1.89 bits per heavy atom. The fourth-order valence-corrected chi connectivity index (χ4v) is 1.67. The predicted octanol–water partition coefficient (Wildman–Crippen LogP) is 1.16. The highest BCUT2D eigenvalue weighted by Crippen LogP contribution is 2.04. The van der Waals surface area contributed by atoms with Crippen LogP contribution < -0.4 is 0 Å². The van der Waals surface area contributed by atoms with Gasteiger partial charge in [0.1, 0.15) is 0 Å². The number of hydrogen-bond donors (Lipinski definition) is 0. The minimum atomic E-state index is -0.640. The van der Waals surface area contributed by atoms with Crippen LogP contribution in [0.5, 0.6) is 0 Å². The molecule has 0 fully saturated rings. The molecule has 0 saturated carbocycles. The number of nitrogens with zero attached hydrogens (tertiary/aromatic N) is 3. The van der Waals surface area contributed by atoms with Gasteiger partial charge in [0, 0.05) is 26.3 Å². The van der Waals surface area contributed by atoms with Gasteiger partial charge in [0.15, 0.2) is 0 Å². The first kappa shape index (κ1) is 15.1. The van der Waals surface area contributed by atoms with E-state index in [9.17, 15) is 14.0 Å². The second-order valence-corrected chi connectivity index (χ2v) is 4.10. The highest BCUT2D eigenvalue weighted by atomic mass is 19.1.